The van der Waals surface area contributed by atoms with E-state index in [1.807, 2.05) is 42.5 Å². The van der Waals surface area contributed by atoms with Crippen molar-refractivity contribution in [3.63, 3.8) is 0 Å². The van der Waals surface area contributed by atoms with Crippen molar-refractivity contribution in [3.05, 3.63) is 65.7 Å². The van der Waals surface area contributed by atoms with E-state index in [0.29, 0.717) is 24.4 Å². The summed E-state index contributed by atoms with van der Waals surface area (Å²) in [7, 11) is 0. The largest absolute Gasteiger partial charge is 0.352 e. The molecule has 2 amide bonds. The fourth-order valence-corrected chi connectivity index (χ4v) is 2.26. The minimum Gasteiger partial charge on any atom is -0.352 e. The second-order valence-electron chi connectivity index (χ2n) is 6.23. The van der Waals surface area contributed by atoms with E-state index in [1.54, 1.807) is 12.1 Å². The lowest BCUT2D eigenvalue weighted by Gasteiger charge is -2.09. The monoisotopic (exact) mass is 324 g/mol. The third-order valence-electron chi connectivity index (χ3n) is 3.66. The average Bonchev–Trinajstić information content (AvgIpc) is 2.59. The Morgan fingerprint density at radius 3 is 2.46 bits per heavy atom. The molecular weight excluding hydrogens is 300 g/mol. The van der Waals surface area contributed by atoms with Crippen LogP contribution >= 0.6 is 0 Å². The van der Waals surface area contributed by atoms with E-state index in [2.05, 4.69) is 24.5 Å². The maximum atomic E-state index is 12.3. The van der Waals surface area contributed by atoms with Crippen molar-refractivity contribution >= 4 is 17.5 Å². The maximum Gasteiger partial charge on any atom is 0.255 e. The van der Waals surface area contributed by atoms with Crippen molar-refractivity contribution in [2.24, 2.45) is 5.92 Å². The van der Waals surface area contributed by atoms with Gasteiger partial charge in [-0.25, -0.2) is 0 Å². The van der Waals surface area contributed by atoms with Gasteiger partial charge >= 0.3 is 0 Å². The molecule has 0 saturated carbocycles. The summed E-state index contributed by atoms with van der Waals surface area (Å²) in [5.41, 5.74) is 2.25. The number of hydrogen-bond acceptors (Lipinski definition) is 2. The summed E-state index contributed by atoms with van der Waals surface area (Å²) in [4.78, 5) is 24.1. The van der Waals surface area contributed by atoms with Gasteiger partial charge in [0.25, 0.3) is 5.91 Å². The van der Waals surface area contributed by atoms with Crippen LogP contribution in [-0.2, 0) is 11.3 Å². The molecule has 4 heteroatoms. The molecule has 2 aromatic carbocycles. The van der Waals surface area contributed by atoms with Gasteiger partial charge in [0.15, 0.2) is 0 Å². The summed E-state index contributed by atoms with van der Waals surface area (Å²) in [5, 5.41) is 5.76. The van der Waals surface area contributed by atoms with Crippen molar-refractivity contribution in [2.75, 3.05) is 5.32 Å². The van der Waals surface area contributed by atoms with Crippen LogP contribution in [0, 0.1) is 5.92 Å². The topological polar surface area (TPSA) is 58.2 Å². The predicted molar refractivity (Wildman–Crippen MR) is 96.8 cm³/mol. The smallest absolute Gasteiger partial charge is 0.255 e. The maximum absolute atomic E-state index is 12.3. The number of anilines is 1. The minimum atomic E-state index is -0.158. The first-order chi connectivity index (χ1) is 11.5. The molecule has 126 valence electrons. The van der Waals surface area contributed by atoms with Crippen molar-refractivity contribution in [3.8, 4) is 0 Å². The van der Waals surface area contributed by atoms with Crippen LogP contribution in [0.3, 0.4) is 0 Å². The molecule has 0 fully saturated rings. The summed E-state index contributed by atoms with van der Waals surface area (Å²) in [6, 6.07) is 16.6. The molecule has 0 heterocycles. The number of benzene rings is 2. The summed E-state index contributed by atoms with van der Waals surface area (Å²) in [6.45, 7) is 4.63. The van der Waals surface area contributed by atoms with Crippen molar-refractivity contribution in [2.45, 2.75) is 33.2 Å². The first kappa shape index (κ1) is 17.7. The van der Waals surface area contributed by atoms with Crippen LogP contribution < -0.4 is 10.6 Å². The quantitative estimate of drug-likeness (QED) is 0.809. The summed E-state index contributed by atoms with van der Waals surface area (Å²) in [5.74, 6) is 0.401. The van der Waals surface area contributed by atoms with E-state index in [9.17, 15) is 9.59 Å². The molecule has 2 aromatic rings. The van der Waals surface area contributed by atoms with Gasteiger partial charge in [-0.15, -0.1) is 0 Å². The van der Waals surface area contributed by atoms with Gasteiger partial charge in [-0.3, -0.25) is 9.59 Å². The standard InChI is InChI=1S/C20H24N2O2/c1-15(2)11-12-19(23)21-14-16-7-6-8-17(13-16)20(24)22-18-9-4-3-5-10-18/h3-10,13,15H,11-12,14H2,1-2H3,(H,21,23)(H,22,24). The molecule has 0 aliphatic heterocycles. The lowest BCUT2D eigenvalue weighted by molar-refractivity contribution is -0.121. The number of para-hydroxylation sites is 1. The minimum absolute atomic E-state index is 0.0443. The van der Waals surface area contributed by atoms with Crippen LogP contribution in [0.5, 0.6) is 0 Å². The fraction of sp³-hybridized carbons (Fsp3) is 0.300. The van der Waals surface area contributed by atoms with Crippen LogP contribution in [0.2, 0.25) is 0 Å². The zero-order valence-electron chi connectivity index (χ0n) is 14.2. The lowest BCUT2D eigenvalue weighted by Crippen LogP contribution is -2.23. The molecule has 2 N–H and O–H groups in total. The van der Waals surface area contributed by atoms with Gasteiger partial charge in [-0.05, 0) is 42.2 Å². The van der Waals surface area contributed by atoms with Crippen molar-refractivity contribution in [1.82, 2.24) is 5.32 Å². The number of hydrogen-bond donors (Lipinski definition) is 2. The molecule has 0 radical (unpaired) electrons. The number of nitrogens with one attached hydrogen (secondary N) is 2. The lowest BCUT2D eigenvalue weighted by atomic mass is 10.1. The van der Waals surface area contributed by atoms with E-state index in [0.717, 1.165) is 17.7 Å². The second kappa shape index (κ2) is 8.87. The van der Waals surface area contributed by atoms with E-state index in [4.69, 9.17) is 0 Å². The number of carbonyl (C=O) groups excluding carboxylic acids is 2. The van der Waals surface area contributed by atoms with Gasteiger partial charge in [-0.1, -0.05) is 44.2 Å². The van der Waals surface area contributed by atoms with E-state index in [1.165, 1.54) is 0 Å². The Hall–Kier alpha value is -2.62. The van der Waals surface area contributed by atoms with Crippen LogP contribution in [0.4, 0.5) is 5.69 Å². The fourth-order valence-electron chi connectivity index (χ4n) is 2.26. The molecule has 0 unspecified atom stereocenters. The Morgan fingerprint density at radius 1 is 1.00 bits per heavy atom. The van der Waals surface area contributed by atoms with Gasteiger partial charge in [0.2, 0.25) is 5.91 Å². The average molecular weight is 324 g/mol. The molecule has 0 bridgehead atoms. The Balaban J connectivity index is 1.91. The van der Waals surface area contributed by atoms with Crippen LogP contribution in [0.25, 0.3) is 0 Å². The Labute approximate surface area is 143 Å². The Bertz CT molecular complexity index is 681. The number of amides is 2. The molecule has 0 aliphatic carbocycles. The highest BCUT2D eigenvalue weighted by Crippen LogP contribution is 2.11. The molecular formula is C20H24N2O2. The van der Waals surface area contributed by atoms with Gasteiger partial charge in [-0.2, -0.15) is 0 Å². The SMILES string of the molecule is CC(C)CCC(=O)NCc1cccc(C(=O)Nc2ccccc2)c1. The Morgan fingerprint density at radius 2 is 1.75 bits per heavy atom. The van der Waals surface area contributed by atoms with Crippen LogP contribution in [-0.4, -0.2) is 11.8 Å². The van der Waals surface area contributed by atoms with Gasteiger partial charge in [0.1, 0.15) is 0 Å². The van der Waals surface area contributed by atoms with Crippen molar-refractivity contribution < 1.29 is 9.59 Å². The zero-order valence-corrected chi connectivity index (χ0v) is 14.2. The zero-order chi connectivity index (χ0) is 17.4. The molecule has 4 nitrogen and oxygen atoms in total. The predicted octanol–water partition coefficient (Wildman–Crippen LogP) is 3.99. The third-order valence-corrected chi connectivity index (χ3v) is 3.66. The van der Waals surface area contributed by atoms with Gasteiger partial charge < -0.3 is 10.6 Å². The first-order valence-corrected chi connectivity index (χ1v) is 8.26. The highest BCUT2D eigenvalue weighted by atomic mass is 16.2. The third kappa shape index (κ3) is 5.88. The summed E-state index contributed by atoms with van der Waals surface area (Å²) in [6.07, 6.45) is 1.41. The van der Waals surface area contributed by atoms with Gasteiger partial charge in [0.05, 0.1) is 0 Å². The van der Waals surface area contributed by atoms with Crippen LogP contribution in [0.1, 0.15) is 42.6 Å². The summed E-state index contributed by atoms with van der Waals surface area (Å²) < 4.78 is 0. The molecule has 0 aliphatic rings. The highest BCUT2D eigenvalue weighted by molar-refractivity contribution is 6.04. The van der Waals surface area contributed by atoms with Crippen molar-refractivity contribution in [1.29, 1.82) is 0 Å². The molecule has 0 atom stereocenters. The molecule has 2 rings (SSSR count). The number of carbonyl (C=O) groups is 2. The van der Waals surface area contributed by atoms with Gasteiger partial charge in [0, 0.05) is 24.2 Å². The van der Waals surface area contributed by atoms with Crippen LogP contribution in [0.15, 0.2) is 54.6 Å². The second-order valence-corrected chi connectivity index (χ2v) is 6.23. The number of rotatable bonds is 7. The first-order valence-electron chi connectivity index (χ1n) is 8.26. The molecule has 24 heavy (non-hydrogen) atoms. The summed E-state index contributed by atoms with van der Waals surface area (Å²) >= 11 is 0. The van der Waals surface area contributed by atoms with E-state index < -0.39 is 0 Å². The molecule has 0 saturated heterocycles. The normalized spacial score (nSPS) is 10.5. The Kier molecular flexibility index (Phi) is 6.55. The van der Waals surface area contributed by atoms with E-state index >= 15 is 0 Å². The molecule has 0 spiro atoms. The molecule has 0 aromatic heterocycles. The highest BCUT2D eigenvalue weighted by Gasteiger charge is 2.08. The van der Waals surface area contributed by atoms with E-state index in [-0.39, 0.29) is 11.8 Å².